The first-order valence-electron chi connectivity index (χ1n) is 22.1. The number of anilines is 3. The second-order valence-corrected chi connectivity index (χ2v) is 19.4. The molecule has 6 N–H and O–H groups in total. The fourth-order valence-corrected chi connectivity index (χ4v) is 9.06. The molecule has 3 aromatic rings. The van der Waals surface area contributed by atoms with Crippen LogP contribution < -0.4 is 26.2 Å². The number of nitrogens with zero attached hydrogens (tertiary/aromatic N) is 3. The Kier molecular flexibility index (Phi) is 15.0. The van der Waals surface area contributed by atoms with Gasteiger partial charge < -0.3 is 55.7 Å². The first kappa shape index (κ1) is 49.2. The summed E-state index contributed by atoms with van der Waals surface area (Å²) in [6, 6.07) is 16.7. The Hall–Kier alpha value is -6.27. The molecule has 0 spiro atoms. The third-order valence-electron chi connectivity index (χ3n) is 12.5. The zero-order valence-corrected chi connectivity index (χ0v) is 38.7. The highest BCUT2D eigenvalue weighted by Gasteiger charge is 2.46. The fraction of sp³-hybridized carbons (Fsp3) is 0.500. The van der Waals surface area contributed by atoms with E-state index in [2.05, 4.69) is 26.2 Å². The van der Waals surface area contributed by atoms with Crippen LogP contribution in [0, 0.1) is 16.6 Å². The third kappa shape index (κ3) is 11.2. The van der Waals surface area contributed by atoms with E-state index in [-0.39, 0.29) is 43.8 Å². The molecule has 17 nitrogen and oxygen atoms in total. The van der Waals surface area contributed by atoms with Crippen LogP contribution in [-0.4, -0.2) is 120 Å². The third-order valence-corrected chi connectivity index (χ3v) is 12.5. The lowest BCUT2D eigenvalue weighted by molar-refractivity contribution is -0.140. The number of likely N-dealkylation sites (tertiary alicyclic amines) is 2. The van der Waals surface area contributed by atoms with Gasteiger partial charge in [0, 0.05) is 43.0 Å². The van der Waals surface area contributed by atoms with Crippen LogP contribution in [0.5, 0.6) is 0 Å². The van der Waals surface area contributed by atoms with Gasteiger partial charge in [0.2, 0.25) is 23.6 Å². The summed E-state index contributed by atoms with van der Waals surface area (Å²) in [5, 5.41) is 32.1. The standard InChI is InChI=1S/C48H62FN7O10/c1-47(2,3)39(52-45(63)65-7)43(61)54-25-33(57)23-37(54)41(59)50-30-15-9-27(10-16-30)35-21-22-36(56(35)32-19-13-29(49)14-20-32)28-11-17-31(18-12-28)51-42(60)38-24-34(58)26-55(38)44(62)40(48(4,5)6)53-46(64)66-8/h9-20,33-40,57-58H,21-26H2,1-8H3,(H,50,59)(H,51,60)(H,52,63)(H,53,64)/t33-,34-,35-,36-,37-,38-,39+,40?/m0/s1. The lowest BCUT2D eigenvalue weighted by Crippen LogP contribution is -2.57. The summed E-state index contributed by atoms with van der Waals surface area (Å²) in [6.45, 7) is 10.5. The number of carbonyl (C=O) groups is 6. The fourth-order valence-electron chi connectivity index (χ4n) is 9.06. The molecule has 66 heavy (non-hydrogen) atoms. The van der Waals surface area contributed by atoms with E-state index in [1.165, 1.54) is 36.2 Å². The van der Waals surface area contributed by atoms with Crippen molar-refractivity contribution in [2.24, 2.45) is 10.8 Å². The molecular formula is C48H62FN7O10. The number of alkyl carbamates (subject to hydrolysis) is 2. The topological polar surface area (TPSA) is 219 Å². The molecular weight excluding hydrogens is 854 g/mol. The van der Waals surface area contributed by atoms with Gasteiger partial charge >= 0.3 is 12.2 Å². The van der Waals surface area contributed by atoms with E-state index in [0.29, 0.717) is 11.4 Å². The maximum atomic E-state index is 14.2. The number of hydrogen-bond donors (Lipinski definition) is 6. The molecule has 3 saturated heterocycles. The summed E-state index contributed by atoms with van der Waals surface area (Å²) < 4.78 is 23.7. The van der Waals surface area contributed by atoms with Crippen molar-refractivity contribution in [2.75, 3.05) is 42.8 Å². The normalized spacial score (nSPS) is 22.9. The van der Waals surface area contributed by atoms with Crippen LogP contribution >= 0.6 is 0 Å². The summed E-state index contributed by atoms with van der Waals surface area (Å²) in [4.78, 5) is 84.0. The number of amides is 6. The average molecular weight is 916 g/mol. The lowest BCUT2D eigenvalue weighted by atomic mass is 9.85. The van der Waals surface area contributed by atoms with Crippen molar-refractivity contribution >= 4 is 52.9 Å². The molecule has 3 aromatic carbocycles. The second-order valence-electron chi connectivity index (χ2n) is 19.4. The molecule has 18 heteroatoms. The molecule has 8 atom stereocenters. The molecule has 3 heterocycles. The van der Waals surface area contributed by atoms with Crippen LogP contribution in [0.2, 0.25) is 0 Å². The van der Waals surface area contributed by atoms with Gasteiger partial charge in [-0.1, -0.05) is 65.8 Å². The Labute approximate surface area is 384 Å². The summed E-state index contributed by atoms with van der Waals surface area (Å²) in [5.74, 6) is -2.37. The van der Waals surface area contributed by atoms with Crippen LogP contribution in [0.15, 0.2) is 72.8 Å². The molecule has 3 aliphatic heterocycles. The number of methoxy groups -OCH3 is 2. The van der Waals surface area contributed by atoms with Crippen molar-refractivity contribution in [3.05, 3.63) is 89.7 Å². The molecule has 0 aliphatic carbocycles. The second kappa shape index (κ2) is 20.1. The number of hydrogen-bond acceptors (Lipinski definition) is 11. The van der Waals surface area contributed by atoms with Crippen molar-refractivity contribution in [3.63, 3.8) is 0 Å². The van der Waals surface area contributed by atoms with Gasteiger partial charge in [0.1, 0.15) is 30.0 Å². The molecule has 3 aliphatic rings. The maximum absolute atomic E-state index is 14.2. The highest BCUT2D eigenvalue weighted by atomic mass is 19.1. The van der Waals surface area contributed by atoms with E-state index in [1.807, 2.05) is 24.3 Å². The Balaban J connectivity index is 1.16. The zero-order chi connectivity index (χ0) is 48.2. The number of aliphatic hydroxyl groups is 2. The van der Waals surface area contributed by atoms with Crippen molar-refractivity contribution in [3.8, 4) is 0 Å². The summed E-state index contributed by atoms with van der Waals surface area (Å²) in [7, 11) is 2.39. The van der Waals surface area contributed by atoms with Crippen LogP contribution in [0.4, 0.5) is 31.0 Å². The number of carbonyl (C=O) groups excluding carboxylic acids is 6. The van der Waals surface area contributed by atoms with E-state index < -0.39 is 83.0 Å². The van der Waals surface area contributed by atoms with Gasteiger partial charge in [-0.15, -0.1) is 0 Å². The lowest BCUT2D eigenvalue weighted by Gasteiger charge is -2.35. The number of benzene rings is 3. The minimum atomic E-state index is -1.02. The van der Waals surface area contributed by atoms with Crippen LogP contribution in [0.25, 0.3) is 0 Å². The molecule has 0 bridgehead atoms. The summed E-state index contributed by atoms with van der Waals surface area (Å²) in [5.41, 5.74) is 2.17. The van der Waals surface area contributed by atoms with E-state index in [9.17, 15) is 43.4 Å². The predicted molar refractivity (Wildman–Crippen MR) is 244 cm³/mol. The molecule has 6 rings (SSSR count). The van der Waals surface area contributed by atoms with Crippen LogP contribution in [0.3, 0.4) is 0 Å². The van der Waals surface area contributed by atoms with Crippen LogP contribution in [-0.2, 0) is 28.7 Å². The SMILES string of the molecule is COC(=O)NC(C(=O)N1C[C@@H](O)C[C@H]1C(=O)Nc1ccc([C@@H]2CC[C@@H](c3ccc(NC(=O)[C@@H]4C[C@H](O)CN4C(=O)[C@@H](NC(=O)OC)C(C)(C)C)cc3)N2c2ccc(F)cc2)cc1)C(C)(C)C. The van der Waals surface area contributed by atoms with Gasteiger partial charge in [0.25, 0.3) is 0 Å². The monoisotopic (exact) mass is 915 g/mol. The average Bonchev–Trinajstić information content (AvgIpc) is 4.01. The van der Waals surface area contributed by atoms with Gasteiger partial charge in [-0.05, 0) is 83.3 Å². The minimum absolute atomic E-state index is 0.0220. The molecule has 0 aromatic heterocycles. The minimum Gasteiger partial charge on any atom is -0.453 e. The van der Waals surface area contributed by atoms with E-state index in [4.69, 9.17) is 9.47 Å². The largest absolute Gasteiger partial charge is 0.453 e. The van der Waals surface area contributed by atoms with Crippen molar-refractivity contribution in [1.29, 1.82) is 0 Å². The van der Waals surface area contributed by atoms with E-state index in [0.717, 1.165) is 29.7 Å². The number of aliphatic hydroxyl groups excluding tert-OH is 2. The van der Waals surface area contributed by atoms with Gasteiger partial charge in [0.15, 0.2) is 0 Å². The van der Waals surface area contributed by atoms with Crippen molar-refractivity contribution < 1.29 is 52.8 Å². The predicted octanol–water partition coefficient (Wildman–Crippen LogP) is 5.25. The van der Waals surface area contributed by atoms with Crippen molar-refractivity contribution in [1.82, 2.24) is 20.4 Å². The molecule has 0 saturated carbocycles. The smallest absolute Gasteiger partial charge is 0.407 e. The number of β-amino-alcohol motifs (C(OH)–C–C–N with tert-alkyl or cyclic N) is 2. The zero-order valence-electron chi connectivity index (χ0n) is 38.7. The molecule has 0 radical (unpaired) electrons. The molecule has 1 unspecified atom stereocenters. The summed E-state index contributed by atoms with van der Waals surface area (Å²) >= 11 is 0. The highest BCUT2D eigenvalue weighted by Crippen LogP contribution is 2.47. The quantitative estimate of drug-likeness (QED) is 0.146. The first-order chi connectivity index (χ1) is 31.1. The van der Waals surface area contributed by atoms with Crippen LogP contribution in [0.1, 0.15) is 90.4 Å². The Morgan fingerprint density at radius 1 is 0.606 bits per heavy atom. The summed E-state index contributed by atoms with van der Waals surface area (Å²) in [6.07, 6.45) is -1.95. The van der Waals surface area contributed by atoms with Gasteiger partial charge in [0.05, 0.1) is 38.5 Å². The Bertz CT molecular complexity index is 2110. The number of ether oxygens (including phenoxy) is 2. The first-order valence-corrected chi connectivity index (χ1v) is 22.1. The van der Waals surface area contributed by atoms with E-state index in [1.54, 1.807) is 77.9 Å². The number of halogens is 1. The molecule has 6 amide bonds. The van der Waals surface area contributed by atoms with Gasteiger partial charge in [-0.2, -0.15) is 0 Å². The van der Waals surface area contributed by atoms with Crippen molar-refractivity contribution in [2.45, 2.75) is 116 Å². The molecule has 356 valence electrons. The Morgan fingerprint density at radius 2 is 0.970 bits per heavy atom. The number of rotatable bonds is 11. The van der Waals surface area contributed by atoms with Gasteiger partial charge in [-0.25, -0.2) is 14.0 Å². The Morgan fingerprint density at radius 3 is 1.30 bits per heavy atom. The highest BCUT2D eigenvalue weighted by molar-refractivity contribution is 6.00. The molecule has 3 fully saturated rings. The van der Waals surface area contributed by atoms with Gasteiger partial charge in [-0.3, -0.25) is 19.2 Å². The maximum Gasteiger partial charge on any atom is 0.407 e. The number of nitrogens with one attached hydrogen (secondary N) is 4. The van der Waals surface area contributed by atoms with E-state index >= 15 is 0 Å².